The van der Waals surface area contributed by atoms with Crippen molar-refractivity contribution in [1.82, 2.24) is 24.7 Å². The largest absolute Gasteiger partial charge is 0.366 e. The molecule has 3 aliphatic rings. The summed E-state index contributed by atoms with van der Waals surface area (Å²) >= 11 is 1.05. The number of benzene rings is 1. The highest BCUT2D eigenvalue weighted by Gasteiger charge is 2.32. The molecule has 192 valence electrons. The summed E-state index contributed by atoms with van der Waals surface area (Å²) in [6.45, 7) is 7.45. The standard InChI is InChI=1S/C25H33N7O3S/c1-17-22(36-29-28-17)23(33)27-20-16-19(25(35)31-10-3-8-26-9-11-31)6-7-21(20)30-12-14-32(15-13-30)24(34)18-4-2-5-18/h6-7,16,18,26H,2-5,8-15H2,1H3,(H,27,33). The molecule has 1 saturated carbocycles. The van der Waals surface area contributed by atoms with Crippen LogP contribution in [0.5, 0.6) is 0 Å². The Hall–Kier alpha value is -3.05. The molecule has 2 aliphatic heterocycles. The Morgan fingerprint density at radius 1 is 1.00 bits per heavy atom. The molecule has 1 aromatic carbocycles. The minimum absolute atomic E-state index is 0.0349. The Labute approximate surface area is 215 Å². The fourth-order valence-corrected chi connectivity index (χ4v) is 5.53. The monoisotopic (exact) mass is 511 g/mol. The zero-order chi connectivity index (χ0) is 25.1. The molecule has 1 aliphatic carbocycles. The predicted octanol–water partition coefficient (Wildman–Crippen LogP) is 1.98. The highest BCUT2D eigenvalue weighted by molar-refractivity contribution is 7.08. The van der Waals surface area contributed by atoms with E-state index in [-0.39, 0.29) is 23.6 Å². The number of anilines is 2. The van der Waals surface area contributed by atoms with Crippen LogP contribution >= 0.6 is 11.5 Å². The summed E-state index contributed by atoms with van der Waals surface area (Å²) in [5.41, 5.74) is 2.56. The van der Waals surface area contributed by atoms with E-state index in [4.69, 9.17) is 0 Å². The van der Waals surface area contributed by atoms with E-state index in [1.54, 1.807) is 13.0 Å². The molecule has 0 bridgehead atoms. The van der Waals surface area contributed by atoms with Gasteiger partial charge in [-0.05, 0) is 62.5 Å². The summed E-state index contributed by atoms with van der Waals surface area (Å²) in [6.07, 6.45) is 4.06. The van der Waals surface area contributed by atoms with Crippen LogP contribution in [0.25, 0.3) is 0 Å². The quantitative estimate of drug-likeness (QED) is 0.632. The van der Waals surface area contributed by atoms with Gasteiger partial charge < -0.3 is 25.3 Å². The van der Waals surface area contributed by atoms with Crippen molar-refractivity contribution in [2.24, 2.45) is 5.92 Å². The molecule has 0 radical (unpaired) electrons. The van der Waals surface area contributed by atoms with E-state index in [0.717, 1.165) is 56.0 Å². The Bertz CT molecular complexity index is 1120. The van der Waals surface area contributed by atoms with Crippen molar-refractivity contribution in [3.8, 4) is 0 Å². The molecule has 10 nitrogen and oxygen atoms in total. The van der Waals surface area contributed by atoms with Gasteiger partial charge in [0.25, 0.3) is 11.8 Å². The second kappa shape index (κ2) is 10.9. The van der Waals surface area contributed by atoms with Gasteiger partial charge in [0.15, 0.2) is 0 Å². The summed E-state index contributed by atoms with van der Waals surface area (Å²) in [5.74, 6) is 0.149. The highest BCUT2D eigenvalue weighted by Crippen LogP contribution is 2.32. The van der Waals surface area contributed by atoms with Crippen LogP contribution < -0.4 is 15.5 Å². The molecule has 3 fully saturated rings. The first-order valence-electron chi connectivity index (χ1n) is 12.8. The van der Waals surface area contributed by atoms with Crippen molar-refractivity contribution in [3.05, 3.63) is 34.3 Å². The van der Waals surface area contributed by atoms with Crippen LogP contribution in [0.15, 0.2) is 18.2 Å². The number of hydrogen-bond acceptors (Lipinski definition) is 8. The third-order valence-corrected chi connectivity index (χ3v) is 8.19. The van der Waals surface area contributed by atoms with Crippen LogP contribution in [0, 0.1) is 12.8 Å². The number of aromatic nitrogens is 2. The minimum Gasteiger partial charge on any atom is -0.366 e. The van der Waals surface area contributed by atoms with Crippen molar-refractivity contribution in [3.63, 3.8) is 0 Å². The van der Waals surface area contributed by atoms with E-state index in [1.165, 1.54) is 0 Å². The van der Waals surface area contributed by atoms with Gasteiger partial charge >= 0.3 is 0 Å². The van der Waals surface area contributed by atoms with Gasteiger partial charge in [-0.2, -0.15) is 0 Å². The maximum Gasteiger partial charge on any atom is 0.269 e. The maximum absolute atomic E-state index is 13.3. The maximum atomic E-state index is 13.3. The van der Waals surface area contributed by atoms with Crippen molar-refractivity contribution >= 4 is 40.6 Å². The highest BCUT2D eigenvalue weighted by atomic mass is 32.1. The van der Waals surface area contributed by atoms with Gasteiger partial charge in [0.1, 0.15) is 4.88 Å². The Morgan fingerprint density at radius 2 is 1.81 bits per heavy atom. The normalized spacial score (nSPS) is 19.0. The lowest BCUT2D eigenvalue weighted by atomic mass is 9.84. The second-order valence-electron chi connectivity index (χ2n) is 9.71. The van der Waals surface area contributed by atoms with Crippen LogP contribution in [0.1, 0.15) is 51.4 Å². The van der Waals surface area contributed by atoms with Crippen LogP contribution in [0.2, 0.25) is 0 Å². The lowest BCUT2D eigenvalue weighted by Gasteiger charge is -2.39. The van der Waals surface area contributed by atoms with Crippen LogP contribution in [-0.2, 0) is 4.79 Å². The first-order valence-corrected chi connectivity index (χ1v) is 13.6. The zero-order valence-electron chi connectivity index (χ0n) is 20.7. The summed E-state index contributed by atoms with van der Waals surface area (Å²) in [5, 5.41) is 10.3. The van der Waals surface area contributed by atoms with Gasteiger partial charge in [0.2, 0.25) is 5.91 Å². The Balaban J connectivity index is 1.37. The third kappa shape index (κ3) is 5.22. The lowest BCUT2D eigenvalue weighted by Crippen LogP contribution is -2.51. The van der Waals surface area contributed by atoms with Crippen molar-refractivity contribution in [2.75, 3.05) is 62.6 Å². The van der Waals surface area contributed by atoms with Crippen LogP contribution in [0.4, 0.5) is 11.4 Å². The summed E-state index contributed by atoms with van der Waals surface area (Å²) < 4.78 is 3.88. The number of hydrogen-bond donors (Lipinski definition) is 2. The number of nitrogens with one attached hydrogen (secondary N) is 2. The predicted molar refractivity (Wildman–Crippen MR) is 139 cm³/mol. The number of carbonyl (C=O) groups excluding carboxylic acids is 3. The summed E-state index contributed by atoms with van der Waals surface area (Å²) in [6, 6.07) is 5.54. The molecule has 2 aromatic rings. The fourth-order valence-electron chi connectivity index (χ4n) is 4.98. The molecular formula is C25H33N7O3S. The van der Waals surface area contributed by atoms with E-state index in [9.17, 15) is 14.4 Å². The van der Waals surface area contributed by atoms with E-state index in [1.807, 2.05) is 21.9 Å². The zero-order valence-corrected chi connectivity index (χ0v) is 21.5. The number of amides is 3. The average Bonchev–Trinajstić information content (AvgIpc) is 3.11. The van der Waals surface area contributed by atoms with Crippen LogP contribution in [0.3, 0.4) is 0 Å². The molecule has 0 unspecified atom stereocenters. The molecule has 11 heteroatoms. The smallest absolute Gasteiger partial charge is 0.269 e. The number of carbonyl (C=O) groups is 3. The third-order valence-electron chi connectivity index (χ3n) is 7.36. The van der Waals surface area contributed by atoms with Gasteiger partial charge in [-0.25, -0.2) is 0 Å². The SMILES string of the molecule is Cc1nnsc1C(=O)Nc1cc(C(=O)N2CCCNCC2)ccc1N1CCN(C(=O)C2CCC2)CC1. The van der Waals surface area contributed by atoms with Crippen LogP contribution in [-0.4, -0.2) is 89.5 Å². The topological polar surface area (TPSA) is 111 Å². The van der Waals surface area contributed by atoms with E-state index in [2.05, 4.69) is 25.1 Å². The fraction of sp³-hybridized carbons (Fsp3) is 0.560. The van der Waals surface area contributed by atoms with E-state index >= 15 is 0 Å². The second-order valence-corrected chi connectivity index (χ2v) is 10.5. The summed E-state index contributed by atoms with van der Waals surface area (Å²) in [4.78, 5) is 45.5. The Morgan fingerprint density at radius 3 is 2.50 bits per heavy atom. The number of piperazine rings is 1. The molecule has 0 atom stereocenters. The summed E-state index contributed by atoms with van der Waals surface area (Å²) in [7, 11) is 0. The molecule has 0 spiro atoms. The van der Waals surface area contributed by atoms with E-state index < -0.39 is 0 Å². The van der Waals surface area contributed by atoms with Crippen molar-refractivity contribution < 1.29 is 14.4 Å². The minimum atomic E-state index is -0.286. The molecule has 36 heavy (non-hydrogen) atoms. The lowest BCUT2D eigenvalue weighted by molar-refractivity contribution is -0.138. The van der Waals surface area contributed by atoms with Gasteiger partial charge in [0.05, 0.1) is 17.1 Å². The van der Waals surface area contributed by atoms with Gasteiger partial charge in [-0.3, -0.25) is 14.4 Å². The number of rotatable bonds is 5. The molecule has 2 saturated heterocycles. The van der Waals surface area contributed by atoms with Crippen molar-refractivity contribution in [2.45, 2.75) is 32.6 Å². The first kappa shape index (κ1) is 24.6. The van der Waals surface area contributed by atoms with Crippen molar-refractivity contribution in [1.29, 1.82) is 0 Å². The van der Waals surface area contributed by atoms with Gasteiger partial charge in [-0.1, -0.05) is 10.9 Å². The average molecular weight is 512 g/mol. The molecule has 3 heterocycles. The number of nitrogens with zero attached hydrogens (tertiary/aromatic N) is 5. The van der Waals surface area contributed by atoms with Gasteiger partial charge in [0, 0.05) is 57.3 Å². The Kier molecular flexibility index (Phi) is 7.47. The molecule has 3 amide bonds. The molecule has 5 rings (SSSR count). The molecular weight excluding hydrogens is 478 g/mol. The molecule has 2 N–H and O–H groups in total. The molecule has 1 aromatic heterocycles. The van der Waals surface area contributed by atoms with E-state index in [0.29, 0.717) is 61.1 Å². The van der Waals surface area contributed by atoms with Gasteiger partial charge in [-0.15, -0.1) is 5.10 Å². The first-order chi connectivity index (χ1) is 17.5. The number of aryl methyl sites for hydroxylation is 1.